The Labute approximate surface area is 316 Å². The van der Waals surface area contributed by atoms with Gasteiger partial charge in [0.1, 0.15) is 35.4 Å². The number of hydrogen-bond acceptors (Lipinski definition) is 11. The predicted molar refractivity (Wildman–Crippen MR) is 202 cm³/mol. The summed E-state index contributed by atoms with van der Waals surface area (Å²) in [6.45, 7) is 3.74. The number of nitrogens with two attached hydrogens (primary N) is 1. The summed E-state index contributed by atoms with van der Waals surface area (Å²) in [5, 5.41) is 8.18. The van der Waals surface area contributed by atoms with Gasteiger partial charge in [-0.2, -0.15) is 5.10 Å². The number of hydrogen-bond donors (Lipinski definition) is 2. The molecule has 14 nitrogen and oxygen atoms in total. The molecular formula is C41H39N9O5. The number of carbonyl (C=O) groups is 4. The minimum atomic E-state index is -0.973. The molecule has 1 aliphatic carbocycles. The van der Waals surface area contributed by atoms with Crippen molar-refractivity contribution in [3.8, 4) is 22.8 Å². The van der Waals surface area contributed by atoms with Crippen LogP contribution in [0.5, 0.6) is 11.5 Å². The fraction of sp³-hybridized carbons (Fsp3) is 0.341. The zero-order valence-corrected chi connectivity index (χ0v) is 30.0. The van der Waals surface area contributed by atoms with Crippen LogP contribution in [0.2, 0.25) is 0 Å². The Hall–Kier alpha value is -6.15. The Morgan fingerprint density at radius 2 is 1.53 bits per heavy atom. The molecule has 4 atom stereocenters. The maximum atomic E-state index is 13.4. The second kappa shape index (κ2) is 13.0. The normalized spacial score (nSPS) is 24.2. The number of aromatic nitrogens is 4. The average Bonchev–Trinajstić information content (AvgIpc) is 3.84. The van der Waals surface area contributed by atoms with Gasteiger partial charge < -0.3 is 15.4 Å². The van der Waals surface area contributed by atoms with E-state index in [9.17, 15) is 19.2 Å². The third-order valence-electron chi connectivity index (χ3n) is 12.2. The van der Waals surface area contributed by atoms with Gasteiger partial charge in [0.2, 0.25) is 11.8 Å². The summed E-state index contributed by atoms with van der Waals surface area (Å²) in [5.41, 5.74) is 10.4. The van der Waals surface area contributed by atoms with Crippen molar-refractivity contribution >= 4 is 46.2 Å². The number of nitrogens with one attached hydrogen (secondary N) is 1. The number of piperidine rings is 1. The van der Waals surface area contributed by atoms with Gasteiger partial charge in [-0.25, -0.2) is 14.6 Å². The molecule has 5 aliphatic rings. The Balaban J connectivity index is 0.803. The number of nitrogens with zero attached hydrogens (tertiary/aromatic N) is 7. The third-order valence-corrected chi connectivity index (χ3v) is 12.2. The van der Waals surface area contributed by atoms with Gasteiger partial charge in [0.05, 0.1) is 22.6 Å². The zero-order chi connectivity index (χ0) is 37.4. The van der Waals surface area contributed by atoms with Crippen LogP contribution in [0.3, 0.4) is 0 Å². The molecule has 3 saturated heterocycles. The number of ether oxygens (including phenoxy) is 1. The molecule has 3 N–H and O–H groups in total. The van der Waals surface area contributed by atoms with Crippen molar-refractivity contribution in [3.63, 3.8) is 0 Å². The second-order valence-corrected chi connectivity index (χ2v) is 15.4. The summed E-state index contributed by atoms with van der Waals surface area (Å²) < 4.78 is 8.10. The highest BCUT2D eigenvalue weighted by atomic mass is 16.5. The lowest BCUT2D eigenvalue weighted by Crippen LogP contribution is -2.59. The molecule has 14 heteroatoms. The van der Waals surface area contributed by atoms with E-state index in [1.807, 2.05) is 60.7 Å². The molecule has 3 aromatic carbocycles. The van der Waals surface area contributed by atoms with Gasteiger partial charge in [-0.3, -0.25) is 34.3 Å². The summed E-state index contributed by atoms with van der Waals surface area (Å²) in [5.74, 6) is 1.11. The van der Waals surface area contributed by atoms with Gasteiger partial charge in [-0.1, -0.05) is 18.2 Å². The highest BCUT2D eigenvalue weighted by Gasteiger charge is 2.46. The highest BCUT2D eigenvalue weighted by molar-refractivity contribution is 6.23. The van der Waals surface area contributed by atoms with Crippen molar-refractivity contribution in [1.29, 1.82) is 0 Å². The molecule has 4 aliphatic heterocycles. The molecule has 55 heavy (non-hydrogen) atoms. The average molecular weight is 738 g/mol. The summed E-state index contributed by atoms with van der Waals surface area (Å²) in [6.07, 6.45) is 4.87. The first kappa shape index (κ1) is 33.4. The van der Waals surface area contributed by atoms with Gasteiger partial charge in [0, 0.05) is 49.9 Å². The highest BCUT2D eigenvalue weighted by Crippen LogP contribution is 2.44. The largest absolute Gasteiger partial charge is 0.457 e. The Kier molecular flexibility index (Phi) is 7.91. The number of benzene rings is 3. The van der Waals surface area contributed by atoms with E-state index in [4.69, 9.17) is 15.6 Å². The van der Waals surface area contributed by atoms with Crippen molar-refractivity contribution in [2.24, 2.45) is 11.8 Å². The lowest BCUT2D eigenvalue weighted by molar-refractivity contribution is -0.136. The topological polar surface area (TPSA) is 169 Å². The molecule has 2 aromatic heterocycles. The van der Waals surface area contributed by atoms with Crippen molar-refractivity contribution in [2.75, 3.05) is 36.8 Å². The summed E-state index contributed by atoms with van der Waals surface area (Å²) >= 11 is 0. The maximum absolute atomic E-state index is 13.4. The number of para-hydroxylation sites is 1. The first-order chi connectivity index (χ1) is 26.8. The van der Waals surface area contributed by atoms with Gasteiger partial charge in [0.25, 0.3) is 11.8 Å². The van der Waals surface area contributed by atoms with Crippen molar-refractivity contribution < 1.29 is 23.9 Å². The van der Waals surface area contributed by atoms with Crippen LogP contribution in [0.4, 0.5) is 11.5 Å². The van der Waals surface area contributed by atoms with Crippen molar-refractivity contribution in [3.05, 3.63) is 90.3 Å². The molecule has 6 heterocycles. The molecule has 4 amide bonds. The Morgan fingerprint density at radius 3 is 2.33 bits per heavy atom. The fourth-order valence-corrected chi connectivity index (χ4v) is 9.27. The van der Waals surface area contributed by atoms with Crippen LogP contribution < -0.4 is 20.7 Å². The number of fused-ring (bicyclic) bond motifs is 3. The van der Waals surface area contributed by atoms with E-state index >= 15 is 0 Å². The minimum Gasteiger partial charge on any atom is -0.457 e. The first-order valence-corrected chi connectivity index (χ1v) is 19.0. The first-order valence-electron chi connectivity index (χ1n) is 19.0. The Bertz CT molecular complexity index is 2380. The van der Waals surface area contributed by atoms with Crippen LogP contribution >= 0.6 is 0 Å². The number of nitrogen functional groups attached to an aromatic ring is 1. The van der Waals surface area contributed by atoms with E-state index in [1.165, 1.54) is 6.33 Å². The zero-order valence-electron chi connectivity index (χ0n) is 30.0. The van der Waals surface area contributed by atoms with Crippen LogP contribution in [0.15, 0.2) is 79.1 Å². The molecule has 0 spiro atoms. The van der Waals surface area contributed by atoms with E-state index in [2.05, 4.69) is 29.8 Å². The van der Waals surface area contributed by atoms with Gasteiger partial charge in [-0.15, -0.1) is 0 Å². The van der Waals surface area contributed by atoms with E-state index in [-0.39, 0.29) is 24.8 Å². The molecule has 3 unspecified atom stereocenters. The number of anilines is 2. The number of carbonyl (C=O) groups excluding carboxylic acids is 4. The monoisotopic (exact) mass is 737 g/mol. The molecule has 278 valence electrons. The van der Waals surface area contributed by atoms with Gasteiger partial charge in [0.15, 0.2) is 5.65 Å². The van der Waals surface area contributed by atoms with E-state index < -0.39 is 23.8 Å². The molecule has 10 rings (SSSR count). The quantitative estimate of drug-likeness (QED) is 0.227. The molecule has 1 saturated carbocycles. The second-order valence-electron chi connectivity index (χ2n) is 15.4. The summed E-state index contributed by atoms with van der Waals surface area (Å²) in [7, 11) is 0. The standard InChI is InChI=1S/C41H39N9O5/c42-37-35-36(23-7-11-30(12-8-23)55-29-4-2-1-3-5-29)46-50(38(35)44-22-43-37)27-9-6-24-18-47(19-25(24)16-27)28-20-48(21-28)26-10-13-31-32(17-26)41(54)49(40(31)53)33-14-15-34(51)45-39(33)52/h1-5,7-8,10-13,17,22,24-25,27-28,33H,6,9,14-16,18-21H2,(H2,42,43,44)(H,45,51,52)/t24?,25?,27?,33-/m1/s1. The number of rotatable bonds is 7. The summed E-state index contributed by atoms with van der Waals surface area (Å²) in [4.78, 5) is 65.6. The van der Waals surface area contributed by atoms with E-state index in [0.29, 0.717) is 34.8 Å². The SMILES string of the molecule is Nc1ncnc2c1c(-c1ccc(Oc3ccccc3)cc1)nn2C1CCC2CN(C3CN(c4ccc5c(c4)C(=O)N([C@@H]4CCC(=O)NC4=O)C5=O)C3)CC2C1. The van der Waals surface area contributed by atoms with Gasteiger partial charge >= 0.3 is 0 Å². The predicted octanol–water partition coefficient (Wildman–Crippen LogP) is 4.43. The third kappa shape index (κ3) is 5.70. The van der Waals surface area contributed by atoms with Crippen molar-refractivity contribution in [2.45, 2.75) is 50.2 Å². The van der Waals surface area contributed by atoms with Crippen LogP contribution in [-0.4, -0.2) is 91.4 Å². The molecular weight excluding hydrogens is 699 g/mol. The van der Waals surface area contributed by atoms with Crippen LogP contribution in [0.25, 0.3) is 22.3 Å². The lowest BCUT2D eigenvalue weighted by Gasteiger charge is -2.45. The van der Waals surface area contributed by atoms with Crippen LogP contribution in [0, 0.1) is 11.8 Å². The number of amides is 4. The molecule has 0 bridgehead atoms. The van der Waals surface area contributed by atoms with Crippen LogP contribution in [0.1, 0.15) is 58.9 Å². The maximum Gasteiger partial charge on any atom is 0.262 e. The molecule has 0 radical (unpaired) electrons. The number of imide groups is 2. The van der Waals surface area contributed by atoms with Crippen LogP contribution in [-0.2, 0) is 9.59 Å². The van der Waals surface area contributed by atoms with Gasteiger partial charge in [-0.05, 0) is 92.1 Å². The summed E-state index contributed by atoms with van der Waals surface area (Å²) in [6, 6.07) is 22.5. The fourth-order valence-electron chi connectivity index (χ4n) is 9.27. The smallest absolute Gasteiger partial charge is 0.262 e. The Morgan fingerprint density at radius 1 is 0.764 bits per heavy atom. The molecule has 5 aromatic rings. The van der Waals surface area contributed by atoms with E-state index in [0.717, 1.165) is 89.8 Å². The lowest BCUT2D eigenvalue weighted by atomic mass is 9.79. The molecule has 4 fully saturated rings. The van der Waals surface area contributed by atoms with E-state index in [1.54, 1.807) is 12.1 Å². The van der Waals surface area contributed by atoms with Crippen molar-refractivity contribution in [1.82, 2.24) is 34.9 Å². The minimum absolute atomic E-state index is 0.0931. The number of likely N-dealkylation sites (tertiary alicyclic amines) is 1.